The molecule has 0 atom stereocenters. The van der Waals surface area contributed by atoms with Crippen molar-refractivity contribution in [3.63, 3.8) is 0 Å². The largest absolute Gasteiger partial charge is 0.403 e. The molecule has 1 N–H and O–H groups in total. The van der Waals surface area contributed by atoms with Gasteiger partial charge in [0, 0.05) is 18.3 Å². The zero-order valence-corrected chi connectivity index (χ0v) is 12.8. The monoisotopic (exact) mass is 333 g/mol. The summed E-state index contributed by atoms with van der Waals surface area (Å²) in [5.41, 5.74) is 0.116. The van der Waals surface area contributed by atoms with Gasteiger partial charge in [-0.2, -0.15) is 5.10 Å². The zero-order chi connectivity index (χ0) is 17.3. The Balaban J connectivity index is 1.77. The molecule has 0 saturated carbocycles. The average molecular weight is 333 g/mol. The van der Waals surface area contributed by atoms with Crippen molar-refractivity contribution in [1.29, 1.82) is 0 Å². The van der Waals surface area contributed by atoms with Crippen molar-refractivity contribution >= 4 is 11.9 Å². The molecule has 0 aliphatic rings. The lowest BCUT2D eigenvalue weighted by Crippen LogP contribution is -2.14. The van der Waals surface area contributed by atoms with Crippen molar-refractivity contribution in [3.8, 4) is 11.5 Å². The summed E-state index contributed by atoms with van der Waals surface area (Å²) >= 11 is 0. The van der Waals surface area contributed by atoms with Gasteiger partial charge in [0.05, 0.1) is 5.56 Å². The lowest BCUT2D eigenvalue weighted by molar-refractivity contribution is 0.101. The van der Waals surface area contributed by atoms with Crippen molar-refractivity contribution in [1.82, 2.24) is 20.0 Å². The molecule has 0 unspecified atom stereocenters. The number of carbonyl (C=O) groups is 1. The molecule has 7 nitrogen and oxygen atoms in total. The Bertz CT molecular complexity index is 888. The fourth-order valence-electron chi connectivity index (χ4n) is 1.95. The number of benzene rings is 1. The van der Waals surface area contributed by atoms with Gasteiger partial charge in [0.1, 0.15) is 11.6 Å². The smallest absolute Gasteiger partial charge is 0.322 e. The first-order valence-corrected chi connectivity index (χ1v) is 7.09. The van der Waals surface area contributed by atoms with E-state index >= 15 is 0 Å². The Labute approximate surface area is 135 Å². The quantitative estimate of drug-likeness (QED) is 0.793. The first-order valence-electron chi connectivity index (χ1n) is 7.09. The van der Waals surface area contributed by atoms with Crippen molar-refractivity contribution in [2.45, 2.75) is 19.9 Å². The van der Waals surface area contributed by atoms with Gasteiger partial charge in [0.15, 0.2) is 5.69 Å². The number of amides is 1. The molecule has 3 aromatic rings. The van der Waals surface area contributed by atoms with Crippen molar-refractivity contribution in [2.75, 3.05) is 5.32 Å². The maximum absolute atomic E-state index is 13.7. The highest BCUT2D eigenvalue weighted by Crippen LogP contribution is 2.23. The van der Waals surface area contributed by atoms with E-state index in [9.17, 15) is 13.6 Å². The van der Waals surface area contributed by atoms with Gasteiger partial charge >= 0.3 is 6.01 Å². The first-order chi connectivity index (χ1) is 11.4. The second-order valence-electron chi connectivity index (χ2n) is 5.27. The number of nitrogens with zero attached hydrogens (tertiary/aromatic N) is 4. The lowest BCUT2D eigenvalue weighted by Gasteiger charge is -2.03. The second kappa shape index (κ2) is 6.19. The standard InChI is InChI=1S/C15H13F2N5O2/c1-8(2)22-6-5-12(21-22)13(23)18-15-20-19-14(24-15)10-4-3-9(16)7-11(10)17/h3-8H,1-2H3,(H,18,20,23). The van der Waals surface area contributed by atoms with Crippen LogP contribution in [0.3, 0.4) is 0 Å². The summed E-state index contributed by atoms with van der Waals surface area (Å²) in [6.45, 7) is 3.85. The third-order valence-corrected chi connectivity index (χ3v) is 3.18. The number of rotatable bonds is 4. The molecule has 0 bridgehead atoms. The van der Waals surface area contributed by atoms with Gasteiger partial charge in [0.25, 0.3) is 11.8 Å². The Morgan fingerprint density at radius 3 is 2.71 bits per heavy atom. The summed E-state index contributed by atoms with van der Waals surface area (Å²) in [5.74, 6) is -2.27. The number of aromatic nitrogens is 4. The average Bonchev–Trinajstić information content (AvgIpc) is 3.16. The maximum Gasteiger partial charge on any atom is 0.322 e. The van der Waals surface area contributed by atoms with Crippen LogP contribution >= 0.6 is 0 Å². The van der Waals surface area contributed by atoms with Crippen LogP contribution in [0.1, 0.15) is 30.4 Å². The Hall–Kier alpha value is -3.10. The van der Waals surface area contributed by atoms with Crippen LogP contribution in [0.4, 0.5) is 14.8 Å². The van der Waals surface area contributed by atoms with Crippen LogP contribution in [0.15, 0.2) is 34.9 Å². The predicted molar refractivity (Wildman–Crippen MR) is 80.2 cm³/mol. The van der Waals surface area contributed by atoms with Crippen LogP contribution < -0.4 is 5.32 Å². The number of carbonyl (C=O) groups excluding carboxylic acids is 1. The molecule has 0 saturated heterocycles. The molecule has 0 spiro atoms. The zero-order valence-electron chi connectivity index (χ0n) is 12.8. The highest BCUT2D eigenvalue weighted by molar-refractivity contribution is 6.01. The molecule has 0 fully saturated rings. The number of hydrogen-bond acceptors (Lipinski definition) is 5. The lowest BCUT2D eigenvalue weighted by atomic mass is 10.2. The minimum absolute atomic E-state index is 0.0616. The molecule has 1 aromatic carbocycles. The molecular formula is C15H13F2N5O2. The van der Waals surface area contributed by atoms with Crippen LogP contribution in [-0.2, 0) is 0 Å². The Morgan fingerprint density at radius 2 is 2.04 bits per heavy atom. The summed E-state index contributed by atoms with van der Waals surface area (Å²) in [6, 6.07) is 4.40. The molecule has 124 valence electrons. The third-order valence-electron chi connectivity index (χ3n) is 3.18. The van der Waals surface area contributed by atoms with Gasteiger partial charge in [-0.25, -0.2) is 8.78 Å². The molecule has 0 radical (unpaired) electrons. The molecule has 0 aliphatic heterocycles. The minimum Gasteiger partial charge on any atom is -0.403 e. The van der Waals surface area contributed by atoms with Crippen molar-refractivity contribution in [2.24, 2.45) is 0 Å². The van der Waals surface area contributed by atoms with E-state index in [1.807, 2.05) is 13.8 Å². The molecule has 3 rings (SSSR count). The van der Waals surface area contributed by atoms with Crippen LogP contribution in [-0.4, -0.2) is 25.9 Å². The summed E-state index contributed by atoms with van der Waals surface area (Å²) in [7, 11) is 0. The van der Waals surface area contributed by atoms with Crippen molar-refractivity contribution in [3.05, 3.63) is 47.8 Å². The highest BCUT2D eigenvalue weighted by atomic mass is 19.1. The van der Waals surface area contributed by atoms with Crippen LogP contribution in [0.2, 0.25) is 0 Å². The number of anilines is 1. The van der Waals surface area contributed by atoms with Gasteiger partial charge in [-0.1, -0.05) is 5.10 Å². The fraction of sp³-hybridized carbons (Fsp3) is 0.200. The molecule has 1 amide bonds. The maximum atomic E-state index is 13.7. The van der Waals surface area contributed by atoms with Crippen LogP contribution in [0.5, 0.6) is 0 Å². The summed E-state index contributed by atoms with van der Waals surface area (Å²) in [4.78, 5) is 12.1. The van der Waals surface area contributed by atoms with Gasteiger partial charge < -0.3 is 4.42 Å². The van der Waals surface area contributed by atoms with E-state index in [4.69, 9.17) is 4.42 Å². The number of halogens is 2. The van der Waals surface area contributed by atoms with Crippen LogP contribution in [0.25, 0.3) is 11.5 Å². The normalized spacial score (nSPS) is 11.0. The highest BCUT2D eigenvalue weighted by Gasteiger charge is 2.17. The SMILES string of the molecule is CC(C)n1ccc(C(=O)Nc2nnc(-c3ccc(F)cc3F)o2)n1. The van der Waals surface area contributed by atoms with E-state index in [1.165, 1.54) is 6.07 Å². The minimum atomic E-state index is -0.841. The molecule has 9 heteroatoms. The van der Waals surface area contributed by atoms with Gasteiger partial charge in [-0.15, -0.1) is 5.10 Å². The Kier molecular flexibility index (Phi) is 4.07. The molecule has 0 aliphatic carbocycles. The summed E-state index contributed by atoms with van der Waals surface area (Å²) in [6.07, 6.45) is 1.67. The van der Waals surface area contributed by atoms with E-state index in [-0.39, 0.29) is 29.2 Å². The number of hydrogen-bond donors (Lipinski definition) is 1. The third kappa shape index (κ3) is 3.14. The summed E-state index contributed by atoms with van der Waals surface area (Å²) in [5, 5.41) is 13.7. The van der Waals surface area contributed by atoms with E-state index in [2.05, 4.69) is 20.6 Å². The van der Waals surface area contributed by atoms with Crippen molar-refractivity contribution < 1.29 is 18.0 Å². The summed E-state index contributed by atoms with van der Waals surface area (Å²) < 4.78 is 33.4. The second-order valence-corrected chi connectivity index (χ2v) is 5.27. The molecular weight excluding hydrogens is 320 g/mol. The number of nitrogens with one attached hydrogen (secondary N) is 1. The van der Waals surface area contributed by atoms with Crippen LogP contribution in [0, 0.1) is 11.6 Å². The predicted octanol–water partition coefficient (Wildman–Crippen LogP) is 3.04. The topological polar surface area (TPSA) is 85.8 Å². The van der Waals surface area contributed by atoms with E-state index in [1.54, 1.807) is 16.9 Å². The van der Waals surface area contributed by atoms with E-state index in [0.717, 1.165) is 6.07 Å². The first kappa shape index (κ1) is 15.8. The fourth-order valence-corrected chi connectivity index (χ4v) is 1.95. The molecule has 2 heterocycles. The molecule has 2 aromatic heterocycles. The van der Waals surface area contributed by atoms with Gasteiger partial charge in [0.2, 0.25) is 0 Å². The van der Waals surface area contributed by atoms with E-state index in [0.29, 0.717) is 6.07 Å². The van der Waals surface area contributed by atoms with E-state index < -0.39 is 17.5 Å². The van der Waals surface area contributed by atoms with Gasteiger partial charge in [-0.05, 0) is 32.0 Å². The Morgan fingerprint density at radius 1 is 1.25 bits per heavy atom. The molecule has 24 heavy (non-hydrogen) atoms. The van der Waals surface area contributed by atoms with Gasteiger partial charge in [-0.3, -0.25) is 14.8 Å².